The van der Waals surface area contributed by atoms with Gasteiger partial charge in [-0.3, -0.25) is 0 Å². The summed E-state index contributed by atoms with van der Waals surface area (Å²) in [5.74, 6) is 1.86. The quantitative estimate of drug-likeness (QED) is 0.716. The summed E-state index contributed by atoms with van der Waals surface area (Å²) in [7, 11) is 0. The maximum Gasteiger partial charge on any atom is 0.246 e. The van der Waals surface area contributed by atoms with Gasteiger partial charge in [-0.15, -0.1) is 12.4 Å². The van der Waals surface area contributed by atoms with Crippen molar-refractivity contribution in [3.63, 3.8) is 0 Å². The Kier molecular flexibility index (Phi) is 7.56. The van der Waals surface area contributed by atoms with Crippen molar-refractivity contribution < 1.29 is 9.47 Å². The third-order valence-electron chi connectivity index (χ3n) is 4.12. The van der Waals surface area contributed by atoms with Crippen LogP contribution in [0.4, 0.5) is 5.69 Å². The van der Waals surface area contributed by atoms with E-state index in [-0.39, 0.29) is 18.5 Å². The molecule has 5 heteroatoms. The van der Waals surface area contributed by atoms with Crippen LogP contribution in [0.25, 0.3) is 0 Å². The van der Waals surface area contributed by atoms with Gasteiger partial charge in [0.2, 0.25) is 5.88 Å². The topological polar surface area (TPSA) is 57.4 Å². The summed E-state index contributed by atoms with van der Waals surface area (Å²) in [6.07, 6.45) is 2.01. The van der Waals surface area contributed by atoms with Crippen molar-refractivity contribution in [3.05, 3.63) is 40.6 Å². The molecule has 0 saturated heterocycles. The molecule has 0 bridgehead atoms. The van der Waals surface area contributed by atoms with Gasteiger partial charge in [-0.05, 0) is 51.7 Å². The van der Waals surface area contributed by atoms with E-state index in [2.05, 4.69) is 37.9 Å². The minimum absolute atomic E-state index is 0. The van der Waals surface area contributed by atoms with Crippen LogP contribution < -0.4 is 15.2 Å². The molecule has 2 N–H and O–H groups in total. The predicted octanol–water partition coefficient (Wildman–Crippen LogP) is 5.68. The molecule has 0 unspecified atom stereocenters. The summed E-state index contributed by atoms with van der Waals surface area (Å²) >= 11 is 0. The standard InChI is InChI=1S/C20H28N2O2.ClH/c1-7-16(8-2)23-17-11-15(6)22-20(18(17)21)24-19-13(4)9-12(3)10-14(19)5;/h9-11,16H,7-8,21H2,1-6H3;1H. The lowest BCUT2D eigenvalue weighted by atomic mass is 10.1. The molecule has 0 amide bonds. The molecule has 4 nitrogen and oxygen atoms in total. The van der Waals surface area contributed by atoms with Gasteiger partial charge in [0.15, 0.2) is 0 Å². The SMILES string of the molecule is CCC(CC)Oc1cc(C)nc(Oc2c(C)cc(C)cc2C)c1N.Cl. The van der Waals surface area contributed by atoms with Crippen molar-refractivity contribution in [2.75, 3.05) is 5.73 Å². The first kappa shape index (κ1) is 21.1. The molecule has 1 aromatic heterocycles. The zero-order valence-corrected chi connectivity index (χ0v) is 16.8. The van der Waals surface area contributed by atoms with Crippen LogP contribution in [0, 0.1) is 27.7 Å². The highest BCUT2D eigenvalue weighted by Crippen LogP contribution is 2.37. The molecule has 2 rings (SSSR count). The largest absolute Gasteiger partial charge is 0.488 e. The van der Waals surface area contributed by atoms with Gasteiger partial charge in [0.1, 0.15) is 17.2 Å². The minimum atomic E-state index is 0. The number of nitrogens with two attached hydrogens (primary N) is 1. The Morgan fingerprint density at radius 2 is 1.56 bits per heavy atom. The minimum Gasteiger partial charge on any atom is -0.488 e. The molecule has 0 saturated carbocycles. The van der Waals surface area contributed by atoms with Crippen molar-refractivity contribution in [3.8, 4) is 17.4 Å². The number of rotatable bonds is 6. The van der Waals surface area contributed by atoms with Crippen molar-refractivity contribution in [1.82, 2.24) is 4.98 Å². The van der Waals surface area contributed by atoms with E-state index in [1.54, 1.807) is 0 Å². The number of benzene rings is 1. The summed E-state index contributed by atoms with van der Waals surface area (Å²) < 4.78 is 12.1. The average Bonchev–Trinajstić information content (AvgIpc) is 2.52. The lowest BCUT2D eigenvalue weighted by Crippen LogP contribution is -2.15. The number of nitrogen functional groups attached to an aromatic ring is 1. The molecule has 0 fully saturated rings. The Bertz CT molecular complexity index is 705. The molecule has 0 spiro atoms. The summed E-state index contributed by atoms with van der Waals surface area (Å²) in [6, 6.07) is 6.06. The van der Waals surface area contributed by atoms with Gasteiger partial charge in [-0.1, -0.05) is 31.5 Å². The maximum atomic E-state index is 6.28. The number of hydrogen-bond donors (Lipinski definition) is 1. The maximum absolute atomic E-state index is 6.28. The summed E-state index contributed by atoms with van der Waals surface area (Å²) in [6.45, 7) is 12.3. The normalized spacial score (nSPS) is 10.5. The molecular weight excluding hydrogens is 336 g/mol. The van der Waals surface area contributed by atoms with Crippen molar-refractivity contribution in [1.29, 1.82) is 0 Å². The monoisotopic (exact) mass is 364 g/mol. The second-order valence-corrected chi connectivity index (χ2v) is 6.37. The van der Waals surface area contributed by atoms with E-state index in [1.807, 2.05) is 26.8 Å². The number of aromatic nitrogens is 1. The van der Waals surface area contributed by atoms with E-state index in [1.165, 1.54) is 5.56 Å². The Balaban J connectivity index is 0.00000312. The van der Waals surface area contributed by atoms with Crippen molar-refractivity contribution in [2.24, 2.45) is 0 Å². The molecule has 25 heavy (non-hydrogen) atoms. The summed E-state index contributed by atoms with van der Waals surface area (Å²) in [5.41, 5.74) is 10.9. The number of aryl methyl sites for hydroxylation is 4. The van der Waals surface area contributed by atoms with Crippen molar-refractivity contribution >= 4 is 18.1 Å². The van der Waals surface area contributed by atoms with Crippen LogP contribution in [-0.4, -0.2) is 11.1 Å². The molecule has 1 heterocycles. The Labute approximate surface area is 157 Å². The second kappa shape index (κ2) is 8.95. The fourth-order valence-corrected chi connectivity index (χ4v) is 2.86. The van der Waals surface area contributed by atoms with Gasteiger partial charge in [-0.25, -0.2) is 4.98 Å². The van der Waals surface area contributed by atoms with Crippen LogP contribution in [0.2, 0.25) is 0 Å². The first-order chi connectivity index (χ1) is 11.3. The Hall–Kier alpha value is -1.94. The number of ether oxygens (including phenoxy) is 2. The first-order valence-corrected chi connectivity index (χ1v) is 8.55. The molecule has 2 aromatic rings. The highest BCUT2D eigenvalue weighted by Gasteiger charge is 2.16. The van der Waals surface area contributed by atoms with Crippen LogP contribution in [0.3, 0.4) is 0 Å². The lowest BCUT2D eigenvalue weighted by Gasteiger charge is -2.19. The van der Waals surface area contributed by atoms with E-state index in [4.69, 9.17) is 15.2 Å². The van der Waals surface area contributed by atoms with Crippen molar-refractivity contribution in [2.45, 2.75) is 60.5 Å². The Morgan fingerprint density at radius 3 is 2.08 bits per heavy atom. The van der Waals surface area contributed by atoms with Crippen LogP contribution in [0.5, 0.6) is 17.4 Å². The van der Waals surface area contributed by atoms with E-state index >= 15 is 0 Å². The van der Waals surface area contributed by atoms with Gasteiger partial charge < -0.3 is 15.2 Å². The zero-order valence-electron chi connectivity index (χ0n) is 16.0. The highest BCUT2D eigenvalue weighted by molar-refractivity contribution is 5.85. The molecule has 138 valence electrons. The number of nitrogens with zero attached hydrogens (tertiary/aromatic N) is 1. The summed E-state index contributed by atoms with van der Waals surface area (Å²) in [5, 5.41) is 0. The second-order valence-electron chi connectivity index (χ2n) is 6.37. The van der Waals surface area contributed by atoms with E-state index < -0.39 is 0 Å². The van der Waals surface area contributed by atoms with Crippen LogP contribution in [0.1, 0.15) is 49.1 Å². The van der Waals surface area contributed by atoms with Gasteiger partial charge in [0, 0.05) is 11.8 Å². The number of anilines is 1. The van der Waals surface area contributed by atoms with E-state index in [9.17, 15) is 0 Å². The number of pyridine rings is 1. The first-order valence-electron chi connectivity index (χ1n) is 8.55. The number of halogens is 1. The van der Waals surface area contributed by atoms with E-state index in [0.29, 0.717) is 17.3 Å². The fourth-order valence-electron chi connectivity index (χ4n) is 2.86. The third-order valence-corrected chi connectivity index (χ3v) is 4.12. The zero-order chi connectivity index (χ0) is 17.9. The molecule has 0 atom stereocenters. The van der Waals surface area contributed by atoms with Gasteiger partial charge in [-0.2, -0.15) is 0 Å². The number of hydrogen-bond acceptors (Lipinski definition) is 4. The molecular formula is C20H29ClN2O2. The van der Waals surface area contributed by atoms with Crippen LogP contribution in [0.15, 0.2) is 18.2 Å². The molecule has 0 aliphatic heterocycles. The van der Waals surface area contributed by atoms with E-state index in [0.717, 1.165) is 35.4 Å². The van der Waals surface area contributed by atoms with Gasteiger partial charge in [0.05, 0.1) is 6.10 Å². The van der Waals surface area contributed by atoms with Crippen LogP contribution >= 0.6 is 12.4 Å². The Morgan fingerprint density at radius 1 is 1.00 bits per heavy atom. The van der Waals surface area contributed by atoms with Crippen LogP contribution in [-0.2, 0) is 0 Å². The molecule has 1 aromatic carbocycles. The smallest absolute Gasteiger partial charge is 0.246 e. The molecule has 0 aliphatic rings. The van der Waals surface area contributed by atoms with Gasteiger partial charge >= 0.3 is 0 Å². The van der Waals surface area contributed by atoms with Gasteiger partial charge in [0.25, 0.3) is 0 Å². The molecule has 0 aliphatic carbocycles. The predicted molar refractivity (Wildman–Crippen MR) is 106 cm³/mol. The molecule has 0 radical (unpaired) electrons. The highest BCUT2D eigenvalue weighted by atomic mass is 35.5. The lowest BCUT2D eigenvalue weighted by molar-refractivity contribution is 0.193. The fraction of sp³-hybridized carbons (Fsp3) is 0.450. The third kappa shape index (κ3) is 5.02. The summed E-state index contributed by atoms with van der Waals surface area (Å²) in [4.78, 5) is 4.47. The average molecular weight is 365 g/mol.